The van der Waals surface area contributed by atoms with Crippen molar-refractivity contribution in [1.29, 1.82) is 0 Å². The Balaban J connectivity index is 3.43. The molecule has 1 heterocycles. The average molecular weight is 196 g/mol. The number of hydrogen-bond acceptors (Lipinski definition) is 4. The highest BCUT2D eigenvalue weighted by molar-refractivity contribution is 5.86. The third-order valence-corrected chi connectivity index (χ3v) is 1.90. The third-order valence-electron chi connectivity index (χ3n) is 1.90. The van der Waals surface area contributed by atoms with Crippen molar-refractivity contribution in [2.24, 2.45) is 0 Å². The molecule has 0 aliphatic heterocycles. The van der Waals surface area contributed by atoms with Gasteiger partial charge in [-0.2, -0.15) is 0 Å². The minimum Gasteiger partial charge on any atom is -0.477 e. The van der Waals surface area contributed by atoms with E-state index in [1.165, 1.54) is 13.8 Å². The van der Waals surface area contributed by atoms with Crippen molar-refractivity contribution in [3.8, 4) is 0 Å². The van der Waals surface area contributed by atoms with Gasteiger partial charge in [0.2, 0.25) is 0 Å². The second-order valence-electron chi connectivity index (χ2n) is 2.80. The zero-order valence-corrected chi connectivity index (χ0v) is 7.64. The highest BCUT2D eigenvalue weighted by Gasteiger charge is 2.18. The van der Waals surface area contributed by atoms with Gasteiger partial charge >= 0.3 is 5.97 Å². The summed E-state index contributed by atoms with van der Waals surface area (Å²) in [7, 11) is 0. The Hall–Kier alpha value is -1.98. The first-order chi connectivity index (χ1) is 6.43. The molecule has 0 unspecified atom stereocenters. The van der Waals surface area contributed by atoms with E-state index in [0.717, 1.165) is 6.07 Å². The van der Waals surface area contributed by atoms with Crippen LogP contribution in [0.1, 0.15) is 21.7 Å². The first-order valence-electron chi connectivity index (χ1n) is 3.79. The van der Waals surface area contributed by atoms with Gasteiger partial charge in [0.15, 0.2) is 5.69 Å². The van der Waals surface area contributed by atoms with E-state index in [4.69, 9.17) is 5.11 Å². The number of carboxylic acid groups (broad SMARTS) is 1. The summed E-state index contributed by atoms with van der Waals surface area (Å²) in [4.78, 5) is 24.2. The van der Waals surface area contributed by atoms with Gasteiger partial charge in [0, 0.05) is 17.3 Å². The molecule has 0 aliphatic carbocycles. The van der Waals surface area contributed by atoms with Gasteiger partial charge in [0.1, 0.15) is 0 Å². The lowest BCUT2D eigenvalue weighted by molar-refractivity contribution is -0.385. The molecule has 0 aliphatic rings. The van der Waals surface area contributed by atoms with Gasteiger partial charge in [-0.25, -0.2) is 9.78 Å². The van der Waals surface area contributed by atoms with Crippen molar-refractivity contribution in [2.45, 2.75) is 13.8 Å². The van der Waals surface area contributed by atoms with Crippen molar-refractivity contribution in [1.82, 2.24) is 4.98 Å². The predicted molar refractivity (Wildman–Crippen MR) is 47.3 cm³/mol. The number of carbonyl (C=O) groups is 1. The van der Waals surface area contributed by atoms with Crippen LogP contribution in [0.15, 0.2) is 6.07 Å². The smallest absolute Gasteiger partial charge is 0.354 e. The van der Waals surface area contributed by atoms with Gasteiger partial charge in [0.25, 0.3) is 5.69 Å². The first-order valence-corrected chi connectivity index (χ1v) is 3.79. The maximum atomic E-state index is 10.6. The van der Waals surface area contributed by atoms with E-state index in [0.29, 0.717) is 11.3 Å². The topological polar surface area (TPSA) is 93.3 Å². The number of nitrogens with zero attached hydrogens (tertiary/aromatic N) is 2. The van der Waals surface area contributed by atoms with E-state index in [-0.39, 0.29) is 11.4 Å². The van der Waals surface area contributed by atoms with E-state index in [1.54, 1.807) is 0 Å². The Kier molecular flexibility index (Phi) is 2.46. The van der Waals surface area contributed by atoms with Crippen molar-refractivity contribution in [3.63, 3.8) is 0 Å². The van der Waals surface area contributed by atoms with Crippen LogP contribution >= 0.6 is 0 Å². The van der Waals surface area contributed by atoms with Crippen LogP contribution in [0.2, 0.25) is 0 Å². The zero-order chi connectivity index (χ0) is 10.9. The highest BCUT2D eigenvalue weighted by Crippen LogP contribution is 2.20. The van der Waals surface area contributed by atoms with Crippen molar-refractivity contribution in [3.05, 3.63) is 33.1 Å². The molecule has 1 rings (SSSR count). The van der Waals surface area contributed by atoms with Crippen LogP contribution in [0.5, 0.6) is 0 Å². The van der Waals surface area contributed by atoms with E-state index < -0.39 is 10.9 Å². The van der Waals surface area contributed by atoms with Gasteiger partial charge in [-0.3, -0.25) is 10.1 Å². The van der Waals surface area contributed by atoms with Gasteiger partial charge in [-0.15, -0.1) is 0 Å². The van der Waals surface area contributed by atoms with Crippen LogP contribution < -0.4 is 0 Å². The van der Waals surface area contributed by atoms with Crippen LogP contribution in [-0.4, -0.2) is 21.0 Å². The molecule has 74 valence electrons. The number of aromatic carboxylic acids is 1. The molecule has 6 heteroatoms. The summed E-state index contributed by atoms with van der Waals surface area (Å²) < 4.78 is 0. The fourth-order valence-electron chi connectivity index (χ4n) is 1.02. The van der Waals surface area contributed by atoms with Crippen LogP contribution in [0, 0.1) is 24.0 Å². The van der Waals surface area contributed by atoms with Gasteiger partial charge < -0.3 is 5.11 Å². The highest BCUT2D eigenvalue weighted by atomic mass is 16.6. The number of nitro groups is 1. The second-order valence-corrected chi connectivity index (χ2v) is 2.80. The third kappa shape index (κ3) is 1.68. The number of aromatic nitrogens is 1. The van der Waals surface area contributed by atoms with E-state index >= 15 is 0 Å². The molecule has 0 radical (unpaired) electrons. The molecule has 1 aromatic rings. The lowest BCUT2D eigenvalue weighted by atomic mass is 10.1. The van der Waals surface area contributed by atoms with Crippen molar-refractivity contribution < 1.29 is 14.8 Å². The van der Waals surface area contributed by atoms with Crippen molar-refractivity contribution >= 4 is 11.7 Å². The summed E-state index contributed by atoms with van der Waals surface area (Å²) in [6, 6.07) is 0.963. The molecule has 0 saturated carbocycles. The summed E-state index contributed by atoms with van der Waals surface area (Å²) in [6.07, 6.45) is 0. The summed E-state index contributed by atoms with van der Waals surface area (Å²) in [5, 5.41) is 19.2. The number of rotatable bonds is 2. The van der Waals surface area contributed by atoms with E-state index in [2.05, 4.69) is 4.98 Å². The van der Waals surface area contributed by atoms with E-state index in [1.807, 2.05) is 0 Å². The summed E-state index contributed by atoms with van der Waals surface area (Å²) >= 11 is 0. The quantitative estimate of drug-likeness (QED) is 0.568. The lowest BCUT2D eigenvalue weighted by Gasteiger charge is -2.01. The second kappa shape index (κ2) is 3.41. The minimum atomic E-state index is -1.27. The zero-order valence-electron chi connectivity index (χ0n) is 7.64. The molecule has 1 aromatic heterocycles. The maximum absolute atomic E-state index is 10.6. The van der Waals surface area contributed by atoms with Crippen molar-refractivity contribution in [2.75, 3.05) is 0 Å². The molecule has 1 N–H and O–H groups in total. The minimum absolute atomic E-state index is 0.213. The molecule has 0 fully saturated rings. The van der Waals surface area contributed by atoms with Crippen LogP contribution in [0.4, 0.5) is 5.69 Å². The normalized spacial score (nSPS) is 9.86. The first kappa shape index (κ1) is 10.1. The fraction of sp³-hybridized carbons (Fsp3) is 0.250. The molecule has 0 bridgehead atoms. The maximum Gasteiger partial charge on any atom is 0.354 e. The molecule has 0 aromatic carbocycles. The summed E-state index contributed by atoms with van der Waals surface area (Å²) in [5.41, 5.74) is 0.228. The molecule has 0 spiro atoms. The van der Waals surface area contributed by atoms with E-state index in [9.17, 15) is 14.9 Å². The number of aryl methyl sites for hydroxylation is 1. The average Bonchev–Trinajstić information content (AvgIpc) is 2.08. The number of hydrogen-bond donors (Lipinski definition) is 1. The Morgan fingerprint density at radius 1 is 1.57 bits per heavy atom. The number of pyridine rings is 1. The Bertz CT molecular complexity index is 414. The van der Waals surface area contributed by atoms with Crippen LogP contribution in [0.25, 0.3) is 0 Å². The van der Waals surface area contributed by atoms with Gasteiger partial charge in [0.05, 0.1) is 4.92 Å². The molecule has 6 nitrogen and oxygen atoms in total. The monoisotopic (exact) mass is 196 g/mol. The van der Waals surface area contributed by atoms with Gasteiger partial charge in [-0.05, 0) is 13.8 Å². The number of carboxylic acids is 1. The van der Waals surface area contributed by atoms with Crippen LogP contribution in [-0.2, 0) is 0 Å². The summed E-state index contributed by atoms with van der Waals surface area (Å²) in [6.45, 7) is 3.07. The van der Waals surface area contributed by atoms with Gasteiger partial charge in [-0.1, -0.05) is 0 Å². The largest absolute Gasteiger partial charge is 0.477 e. The SMILES string of the molecule is Cc1nc(C(=O)O)cc([N+](=O)[O-])c1C. The molecule has 0 atom stereocenters. The lowest BCUT2D eigenvalue weighted by Crippen LogP contribution is -2.05. The molecule has 0 saturated heterocycles. The standard InChI is InChI=1S/C8H8N2O4/c1-4-5(2)9-6(8(11)12)3-7(4)10(13)14/h3H,1-2H3,(H,11,12). The Morgan fingerprint density at radius 3 is 2.57 bits per heavy atom. The summed E-state index contributed by atoms with van der Waals surface area (Å²) in [5.74, 6) is -1.27. The molecule has 0 amide bonds. The Labute approximate surface area is 79.4 Å². The molecule has 14 heavy (non-hydrogen) atoms. The molecular formula is C8H8N2O4. The molecular weight excluding hydrogens is 188 g/mol. The predicted octanol–water partition coefficient (Wildman–Crippen LogP) is 1.30. The Morgan fingerprint density at radius 2 is 2.14 bits per heavy atom. The van der Waals surface area contributed by atoms with Crippen LogP contribution in [0.3, 0.4) is 0 Å². The fourth-order valence-corrected chi connectivity index (χ4v) is 1.02.